The lowest BCUT2D eigenvalue weighted by molar-refractivity contribution is -0.119. The van der Waals surface area contributed by atoms with Crippen LogP contribution in [-0.4, -0.2) is 28.5 Å². The summed E-state index contributed by atoms with van der Waals surface area (Å²) in [7, 11) is 0. The normalized spacial score (nSPS) is 10.5. The molecule has 0 saturated carbocycles. The van der Waals surface area contributed by atoms with Gasteiger partial charge in [-0.25, -0.2) is 9.78 Å². The molecule has 0 aliphatic heterocycles. The van der Waals surface area contributed by atoms with E-state index in [-0.39, 0.29) is 12.5 Å². The number of amides is 1. The maximum atomic E-state index is 12.3. The van der Waals surface area contributed by atoms with E-state index in [4.69, 9.17) is 4.74 Å². The number of rotatable bonds is 5. The first-order valence-corrected chi connectivity index (χ1v) is 9.19. The van der Waals surface area contributed by atoms with Gasteiger partial charge in [0, 0.05) is 11.9 Å². The minimum Gasteiger partial charge on any atom is -0.451 e. The molecule has 0 atom stereocenters. The van der Waals surface area contributed by atoms with Crippen LogP contribution in [0.1, 0.15) is 26.5 Å². The average molecular weight is 381 g/mol. The van der Waals surface area contributed by atoms with E-state index in [0.29, 0.717) is 27.0 Å². The van der Waals surface area contributed by atoms with E-state index < -0.39 is 5.97 Å². The predicted octanol–water partition coefficient (Wildman–Crippen LogP) is 3.93. The molecule has 1 aromatic carbocycles. The molecule has 27 heavy (non-hydrogen) atoms. The number of carbonyl (C=O) groups excluding carboxylic acids is 2. The van der Waals surface area contributed by atoms with Gasteiger partial charge in [-0.1, -0.05) is 23.8 Å². The number of pyridine rings is 1. The molecule has 0 bridgehead atoms. The van der Waals surface area contributed by atoms with Gasteiger partial charge in [0.2, 0.25) is 0 Å². The zero-order valence-corrected chi connectivity index (χ0v) is 16.1. The Labute approximate surface area is 161 Å². The lowest BCUT2D eigenvalue weighted by Gasteiger charge is -2.09. The maximum Gasteiger partial charge on any atom is 0.350 e. The Balaban J connectivity index is 1.62. The molecular formula is C20H19N3O3S. The highest BCUT2D eigenvalue weighted by Gasteiger charge is 2.19. The van der Waals surface area contributed by atoms with Gasteiger partial charge in [-0.3, -0.25) is 9.78 Å². The van der Waals surface area contributed by atoms with E-state index in [0.717, 1.165) is 11.1 Å². The molecule has 0 spiro atoms. The maximum absolute atomic E-state index is 12.3. The number of hydrogen-bond donors (Lipinski definition) is 1. The molecule has 0 radical (unpaired) electrons. The summed E-state index contributed by atoms with van der Waals surface area (Å²) in [6, 6.07) is 11.2. The third kappa shape index (κ3) is 4.57. The molecule has 1 N–H and O–H groups in total. The van der Waals surface area contributed by atoms with Crippen LogP contribution in [0.15, 0.2) is 42.6 Å². The molecular weight excluding hydrogens is 362 g/mol. The molecule has 2 heterocycles. The standard InChI is InChI=1S/C20H19N3O3S/c1-12-7-8-15(13(2)10-12)23-17(24)11-26-20(25)18-14(3)22-19(27-18)16-6-4-5-9-21-16/h4-10H,11H2,1-3H3,(H,23,24). The number of esters is 1. The van der Waals surface area contributed by atoms with Crippen molar-refractivity contribution in [2.75, 3.05) is 11.9 Å². The molecule has 0 unspecified atom stereocenters. The van der Waals surface area contributed by atoms with Gasteiger partial charge in [0.25, 0.3) is 5.91 Å². The summed E-state index contributed by atoms with van der Waals surface area (Å²) in [5.41, 5.74) is 4.01. The smallest absolute Gasteiger partial charge is 0.350 e. The van der Waals surface area contributed by atoms with Crippen LogP contribution in [0, 0.1) is 20.8 Å². The summed E-state index contributed by atoms with van der Waals surface area (Å²) < 4.78 is 5.15. The number of ether oxygens (including phenoxy) is 1. The van der Waals surface area contributed by atoms with Crippen molar-refractivity contribution in [3.05, 3.63) is 64.3 Å². The average Bonchev–Trinajstić information content (AvgIpc) is 3.05. The van der Waals surface area contributed by atoms with Gasteiger partial charge in [0.05, 0.1) is 11.4 Å². The lowest BCUT2D eigenvalue weighted by Crippen LogP contribution is -2.21. The Morgan fingerprint density at radius 3 is 2.67 bits per heavy atom. The fourth-order valence-electron chi connectivity index (χ4n) is 2.52. The minimum atomic E-state index is -0.567. The van der Waals surface area contributed by atoms with Gasteiger partial charge in [-0.2, -0.15) is 0 Å². The van der Waals surface area contributed by atoms with Gasteiger partial charge in [-0.15, -0.1) is 11.3 Å². The van der Waals surface area contributed by atoms with Gasteiger partial charge < -0.3 is 10.1 Å². The Morgan fingerprint density at radius 1 is 1.15 bits per heavy atom. The fourth-order valence-corrected chi connectivity index (χ4v) is 3.46. The third-order valence-electron chi connectivity index (χ3n) is 3.86. The Hall–Kier alpha value is -3.06. The van der Waals surface area contributed by atoms with Crippen LogP contribution in [0.5, 0.6) is 0 Å². The first kappa shape index (κ1) is 18.7. The van der Waals surface area contributed by atoms with E-state index in [1.54, 1.807) is 13.1 Å². The van der Waals surface area contributed by atoms with Crippen molar-refractivity contribution in [3.63, 3.8) is 0 Å². The Morgan fingerprint density at radius 2 is 1.96 bits per heavy atom. The molecule has 0 saturated heterocycles. The summed E-state index contributed by atoms with van der Waals surface area (Å²) in [4.78, 5) is 33.4. The third-order valence-corrected chi connectivity index (χ3v) is 5.02. The monoisotopic (exact) mass is 381 g/mol. The van der Waals surface area contributed by atoms with E-state index in [9.17, 15) is 9.59 Å². The second-order valence-corrected chi connectivity index (χ2v) is 7.09. The Bertz CT molecular complexity index is 983. The first-order valence-electron chi connectivity index (χ1n) is 8.37. The van der Waals surface area contributed by atoms with Crippen LogP contribution in [0.2, 0.25) is 0 Å². The van der Waals surface area contributed by atoms with Crippen LogP contribution in [0.4, 0.5) is 5.69 Å². The van der Waals surface area contributed by atoms with E-state index in [2.05, 4.69) is 15.3 Å². The molecule has 2 aromatic heterocycles. The molecule has 1 amide bonds. The second-order valence-electron chi connectivity index (χ2n) is 6.09. The number of nitrogens with zero attached hydrogens (tertiary/aromatic N) is 2. The zero-order chi connectivity index (χ0) is 19.4. The van der Waals surface area contributed by atoms with Crippen molar-refractivity contribution in [3.8, 4) is 10.7 Å². The number of anilines is 1. The van der Waals surface area contributed by atoms with Gasteiger partial charge in [0.1, 0.15) is 9.88 Å². The molecule has 138 valence electrons. The van der Waals surface area contributed by atoms with Crippen molar-refractivity contribution >= 4 is 28.9 Å². The van der Waals surface area contributed by atoms with Gasteiger partial charge >= 0.3 is 5.97 Å². The lowest BCUT2D eigenvalue weighted by atomic mass is 10.1. The van der Waals surface area contributed by atoms with Crippen molar-refractivity contribution in [2.45, 2.75) is 20.8 Å². The van der Waals surface area contributed by atoms with E-state index in [1.807, 2.05) is 50.2 Å². The molecule has 0 fully saturated rings. The number of benzene rings is 1. The molecule has 3 rings (SSSR count). The molecule has 6 nitrogen and oxygen atoms in total. The van der Waals surface area contributed by atoms with Crippen molar-refractivity contribution in [1.29, 1.82) is 0 Å². The minimum absolute atomic E-state index is 0.359. The highest BCUT2D eigenvalue weighted by molar-refractivity contribution is 7.17. The van der Waals surface area contributed by atoms with Gasteiger partial charge in [0.15, 0.2) is 6.61 Å². The number of carbonyl (C=O) groups is 2. The highest BCUT2D eigenvalue weighted by atomic mass is 32.1. The summed E-state index contributed by atoms with van der Waals surface area (Å²) in [6.45, 7) is 5.27. The summed E-state index contributed by atoms with van der Waals surface area (Å²) in [5.74, 6) is -0.953. The second kappa shape index (κ2) is 8.09. The highest BCUT2D eigenvalue weighted by Crippen LogP contribution is 2.26. The van der Waals surface area contributed by atoms with Crippen LogP contribution in [0.3, 0.4) is 0 Å². The number of aromatic nitrogens is 2. The Kier molecular flexibility index (Phi) is 5.61. The topological polar surface area (TPSA) is 81.2 Å². The summed E-state index contributed by atoms with van der Waals surface area (Å²) >= 11 is 1.20. The largest absolute Gasteiger partial charge is 0.451 e. The van der Waals surface area contributed by atoms with Crippen molar-refractivity contribution in [2.24, 2.45) is 0 Å². The number of aryl methyl sites for hydroxylation is 3. The number of thiazole rings is 1. The summed E-state index contributed by atoms with van der Waals surface area (Å²) in [5, 5.41) is 3.39. The molecule has 7 heteroatoms. The fraction of sp³-hybridized carbons (Fsp3) is 0.200. The van der Waals surface area contributed by atoms with Gasteiger partial charge in [-0.05, 0) is 44.5 Å². The molecule has 0 aliphatic carbocycles. The van der Waals surface area contributed by atoms with Crippen LogP contribution in [0.25, 0.3) is 10.7 Å². The number of nitrogens with one attached hydrogen (secondary N) is 1. The van der Waals surface area contributed by atoms with Crippen molar-refractivity contribution < 1.29 is 14.3 Å². The predicted molar refractivity (Wildman–Crippen MR) is 105 cm³/mol. The quantitative estimate of drug-likeness (QED) is 0.677. The zero-order valence-electron chi connectivity index (χ0n) is 15.3. The first-order chi connectivity index (χ1) is 12.9. The number of hydrogen-bond acceptors (Lipinski definition) is 6. The van der Waals surface area contributed by atoms with Crippen LogP contribution in [-0.2, 0) is 9.53 Å². The molecule has 3 aromatic rings. The van der Waals surface area contributed by atoms with Crippen LogP contribution < -0.4 is 5.32 Å². The van der Waals surface area contributed by atoms with Crippen LogP contribution >= 0.6 is 11.3 Å². The molecule has 0 aliphatic rings. The van der Waals surface area contributed by atoms with E-state index >= 15 is 0 Å². The SMILES string of the molecule is Cc1ccc(NC(=O)COC(=O)c2sc(-c3ccccn3)nc2C)c(C)c1. The van der Waals surface area contributed by atoms with E-state index in [1.165, 1.54) is 11.3 Å². The summed E-state index contributed by atoms with van der Waals surface area (Å²) in [6.07, 6.45) is 1.67. The van der Waals surface area contributed by atoms with Crippen molar-refractivity contribution in [1.82, 2.24) is 9.97 Å².